The largest absolute Gasteiger partial charge is 0.354 e. The fraction of sp³-hybridized carbons (Fsp3) is 0.474. The Morgan fingerprint density at radius 3 is 2.88 bits per heavy atom. The van der Waals surface area contributed by atoms with E-state index in [0.717, 1.165) is 19.4 Å². The summed E-state index contributed by atoms with van der Waals surface area (Å²) in [5.74, 6) is -0.238. The van der Waals surface area contributed by atoms with Gasteiger partial charge in [0.25, 0.3) is 0 Å². The number of carbonyl (C=O) groups excluding carboxylic acids is 2. The highest BCUT2D eigenvalue weighted by Gasteiger charge is 2.31. The van der Waals surface area contributed by atoms with Gasteiger partial charge >= 0.3 is 0 Å². The second kappa shape index (κ2) is 8.79. The van der Waals surface area contributed by atoms with Crippen LogP contribution in [0.1, 0.15) is 41.6 Å². The molecule has 2 atom stereocenters. The molecule has 3 rings (SSSR count). The van der Waals surface area contributed by atoms with E-state index in [1.807, 2.05) is 6.92 Å². The molecule has 2 aromatic rings. The fourth-order valence-corrected chi connectivity index (χ4v) is 5.04. The summed E-state index contributed by atoms with van der Waals surface area (Å²) in [6, 6.07) is 5.97. The van der Waals surface area contributed by atoms with E-state index < -0.39 is 6.04 Å². The van der Waals surface area contributed by atoms with Crippen LogP contribution in [0.25, 0.3) is 0 Å². The number of nitrogens with one attached hydrogen (secondary N) is 2. The zero-order valence-electron chi connectivity index (χ0n) is 15.2. The molecule has 2 N–H and O–H groups in total. The van der Waals surface area contributed by atoms with Crippen molar-refractivity contribution in [2.45, 2.75) is 38.8 Å². The molecule has 0 aromatic carbocycles. The highest BCUT2D eigenvalue weighted by molar-refractivity contribution is 7.10. The van der Waals surface area contributed by atoms with E-state index in [2.05, 4.69) is 44.5 Å². The third-order valence-electron chi connectivity index (χ3n) is 4.55. The first-order valence-corrected chi connectivity index (χ1v) is 10.8. The van der Waals surface area contributed by atoms with Gasteiger partial charge in [-0.25, -0.2) is 0 Å². The summed E-state index contributed by atoms with van der Waals surface area (Å²) >= 11 is 3.52. The maximum atomic E-state index is 12.5. The number of hydrogen-bond donors (Lipinski definition) is 2. The zero-order valence-corrected chi connectivity index (χ0v) is 16.8. The van der Waals surface area contributed by atoms with Gasteiger partial charge in [0.1, 0.15) is 6.04 Å². The molecule has 0 saturated carbocycles. The lowest BCUT2D eigenvalue weighted by Gasteiger charge is -2.35. The van der Waals surface area contributed by atoms with Crippen LogP contribution < -0.4 is 10.6 Å². The van der Waals surface area contributed by atoms with Crippen LogP contribution in [0.5, 0.6) is 0 Å². The highest BCUT2D eigenvalue weighted by atomic mass is 32.1. The van der Waals surface area contributed by atoms with Crippen molar-refractivity contribution < 1.29 is 9.59 Å². The smallest absolute Gasteiger partial charge is 0.242 e. The minimum atomic E-state index is -0.518. The van der Waals surface area contributed by atoms with Crippen molar-refractivity contribution in [3.63, 3.8) is 0 Å². The maximum Gasteiger partial charge on any atom is 0.242 e. The Balaban J connectivity index is 1.66. The van der Waals surface area contributed by atoms with Gasteiger partial charge in [-0.15, -0.1) is 22.7 Å². The van der Waals surface area contributed by atoms with E-state index in [1.165, 1.54) is 15.3 Å². The van der Waals surface area contributed by atoms with Gasteiger partial charge in [-0.1, -0.05) is 13.0 Å². The molecular formula is C19H25N3O2S2. The first kappa shape index (κ1) is 19.1. The van der Waals surface area contributed by atoms with E-state index in [0.29, 0.717) is 13.1 Å². The van der Waals surface area contributed by atoms with E-state index in [-0.39, 0.29) is 17.9 Å². The van der Waals surface area contributed by atoms with E-state index in [9.17, 15) is 9.59 Å². The number of nitrogens with zero attached hydrogens (tertiary/aromatic N) is 1. The molecule has 0 aliphatic carbocycles. The average Bonchev–Trinajstić information content (AvgIpc) is 3.30. The standard InChI is InChI=1S/C19H25N3O2S2/c1-3-8-20-19(24)13(2)21-17(23)12-22-9-6-15-14(7-11-26-15)18(22)16-5-4-10-25-16/h4-5,7,10-11,13,18H,3,6,8-9,12H2,1-2H3,(H,20,24)(H,21,23)/t13-,18-/m1/s1. The minimum Gasteiger partial charge on any atom is -0.354 e. The van der Waals surface area contributed by atoms with Crippen molar-refractivity contribution in [1.82, 2.24) is 15.5 Å². The first-order chi connectivity index (χ1) is 12.6. The summed E-state index contributed by atoms with van der Waals surface area (Å²) in [6.45, 7) is 5.51. The molecule has 0 spiro atoms. The van der Waals surface area contributed by atoms with E-state index in [1.54, 1.807) is 29.6 Å². The van der Waals surface area contributed by atoms with E-state index >= 15 is 0 Å². The third-order valence-corrected chi connectivity index (χ3v) is 6.47. The van der Waals surface area contributed by atoms with Crippen LogP contribution in [0.15, 0.2) is 29.0 Å². The molecule has 5 nitrogen and oxygen atoms in total. The van der Waals surface area contributed by atoms with Crippen LogP contribution >= 0.6 is 22.7 Å². The second-order valence-electron chi connectivity index (χ2n) is 6.52. The fourth-order valence-electron chi connectivity index (χ4n) is 3.26. The van der Waals surface area contributed by atoms with Crippen molar-refractivity contribution in [3.8, 4) is 0 Å². The summed E-state index contributed by atoms with van der Waals surface area (Å²) in [6.07, 6.45) is 1.85. The van der Waals surface area contributed by atoms with Gasteiger partial charge in [0.15, 0.2) is 0 Å². The lowest BCUT2D eigenvalue weighted by molar-refractivity contribution is -0.129. The Hall–Kier alpha value is -1.70. The molecule has 0 bridgehead atoms. The first-order valence-electron chi connectivity index (χ1n) is 9.01. The van der Waals surface area contributed by atoms with Crippen LogP contribution in [0.4, 0.5) is 0 Å². The number of rotatable bonds is 7. The van der Waals surface area contributed by atoms with Gasteiger partial charge in [0, 0.05) is 22.8 Å². The Morgan fingerprint density at radius 1 is 1.31 bits per heavy atom. The molecule has 0 radical (unpaired) electrons. The van der Waals surface area contributed by atoms with Gasteiger partial charge in [-0.3, -0.25) is 14.5 Å². The molecule has 3 heterocycles. The Kier molecular flexibility index (Phi) is 6.45. The number of amides is 2. The van der Waals surface area contributed by atoms with Crippen molar-refractivity contribution in [3.05, 3.63) is 44.3 Å². The normalized spacial score (nSPS) is 18.2. The number of carbonyl (C=O) groups is 2. The van der Waals surface area contributed by atoms with Gasteiger partial charge in [-0.2, -0.15) is 0 Å². The predicted octanol–water partition coefficient (Wildman–Crippen LogP) is 2.79. The topological polar surface area (TPSA) is 61.4 Å². The van der Waals surface area contributed by atoms with Crippen molar-refractivity contribution in [1.29, 1.82) is 0 Å². The second-order valence-corrected chi connectivity index (χ2v) is 8.50. The summed E-state index contributed by atoms with van der Waals surface area (Å²) in [5, 5.41) is 9.86. The summed E-state index contributed by atoms with van der Waals surface area (Å²) < 4.78 is 0. The van der Waals surface area contributed by atoms with Crippen LogP contribution in [0, 0.1) is 0 Å². The Bertz CT molecular complexity index is 742. The lowest BCUT2D eigenvalue weighted by atomic mass is 9.98. The predicted molar refractivity (Wildman–Crippen MR) is 107 cm³/mol. The van der Waals surface area contributed by atoms with Crippen LogP contribution in [-0.2, 0) is 16.0 Å². The summed E-state index contributed by atoms with van der Waals surface area (Å²) in [7, 11) is 0. The molecule has 1 aliphatic heterocycles. The highest BCUT2D eigenvalue weighted by Crippen LogP contribution is 2.39. The molecular weight excluding hydrogens is 366 g/mol. The monoisotopic (exact) mass is 391 g/mol. The van der Waals surface area contributed by atoms with Crippen molar-refractivity contribution >= 4 is 34.5 Å². The van der Waals surface area contributed by atoms with Gasteiger partial charge in [0.05, 0.1) is 12.6 Å². The molecule has 2 amide bonds. The van der Waals surface area contributed by atoms with Crippen molar-refractivity contribution in [2.75, 3.05) is 19.6 Å². The van der Waals surface area contributed by atoms with Gasteiger partial charge < -0.3 is 10.6 Å². The quantitative estimate of drug-likeness (QED) is 0.763. The molecule has 0 unspecified atom stereocenters. The lowest BCUT2D eigenvalue weighted by Crippen LogP contribution is -2.49. The molecule has 26 heavy (non-hydrogen) atoms. The van der Waals surface area contributed by atoms with Gasteiger partial charge in [0.2, 0.25) is 11.8 Å². The van der Waals surface area contributed by atoms with Gasteiger partial charge in [-0.05, 0) is 48.2 Å². The molecule has 140 valence electrons. The Labute approximate surface area is 162 Å². The molecule has 2 aromatic heterocycles. The number of fused-ring (bicyclic) bond motifs is 1. The van der Waals surface area contributed by atoms with E-state index in [4.69, 9.17) is 0 Å². The van der Waals surface area contributed by atoms with Crippen LogP contribution in [0.3, 0.4) is 0 Å². The molecule has 7 heteroatoms. The van der Waals surface area contributed by atoms with Crippen molar-refractivity contribution in [2.24, 2.45) is 0 Å². The zero-order chi connectivity index (χ0) is 18.5. The number of thiophene rings is 2. The minimum absolute atomic E-state index is 0.107. The molecule has 0 saturated heterocycles. The van der Waals surface area contributed by atoms with Crippen LogP contribution in [-0.4, -0.2) is 42.4 Å². The SMILES string of the molecule is CCCNC(=O)[C@@H](C)NC(=O)CN1CCc2sccc2[C@@H]1c1cccs1. The average molecular weight is 392 g/mol. The molecule has 1 aliphatic rings. The Morgan fingerprint density at radius 2 is 2.15 bits per heavy atom. The third kappa shape index (κ3) is 4.34. The summed E-state index contributed by atoms with van der Waals surface area (Å²) in [5.41, 5.74) is 1.31. The van der Waals surface area contributed by atoms with Crippen LogP contribution in [0.2, 0.25) is 0 Å². The molecule has 0 fully saturated rings. The maximum absolute atomic E-state index is 12.5. The number of hydrogen-bond acceptors (Lipinski definition) is 5. The summed E-state index contributed by atoms with van der Waals surface area (Å²) in [4.78, 5) is 29.4.